The third kappa shape index (κ3) is 3.25. The van der Waals surface area contributed by atoms with Gasteiger partial charge in [-0.2, -0.15) is 5.10 Å². The van der Waals surface area contributed by atoms with E-state index in [1.165, 1.54) is 24.4 Å². The number of allylic oxidation sites excluding steroid dienone is 1. The number of imide groups is 1. The van der Waals surface area contributed by atoms with E-state index >= 15 is 0 Å². The summed E-state index contributed by atoms with van der Waals surface area (Å²) in [6.07, 6.45) is 4.62. The van der Waals surface area contributed by atoms with Crippen LogP contribution in [0.2, 0.25) is 0 Å². The Morgan fingerprint density at radius 1 is 1.39 bits per heavy atom. The first-order valence-corrected chi connectivity index (χ1v) is 7.00. The molecule has 1 atom stereocenters. The van der Waals surface area contributed by atoms with Gasteiger partial charge in [0.2, 0.25) is 0 Å². The van der Waals surface area contributed by atoms with Crippen LogP contribution in [0.5, 0.6) is 0 Å². The highest BCUT2D eigenvalue weighted by molar-refractivity contribution is 6.07. The lowest BCUT2D eigenvalue weighted by atomic mass is 10.00. The molecule has 1 aromatic carbocycles. The number of nitro groups is 1. The molecule has 3 amide bonds. The van der Waals surface area contributed by atoms with Gasteiger partial charge in [0.15, 0.2) is 0 Å². The number of hydrazone groups is 1. The average Bonchev–Trinajstić information content (AvgIpc) is 2.75. The first-order valence-electron chi connectivity index (χ1n) is 7.00. The summed E-state index contributed by atoms with van der Waals surface area (Å²) < 4.78 is 0. The van der Waals surface area contributed by atoms with Crippen LogP contribution in [0.1, 0.15) is 25.8 Å². The van der Waals surface area contributed by atoms with Crippen LogP contribution in [0.25, 0.3) is 6.08 Å². The lowest BCUT2D eigenvalue weighted by molar-refractivity contribution is -0.385. The van der Waals surface area contributed by atoms with Gasteiger partial charge < -0.3 is 5.32 Å². The van der Waals surface area contributed by atoms with Crippen molar-refractivity contribution in [2.24, 2.45) is 5.10 Å². The number of benzene rings is 1. The summed E-state index contributed by atoms with van der Waals surface area (Å²) >= 11 is 0. The molecule has 1 heterocycles. The molecule has 1 N–H and O–H groups in total. The van der Waals surface area contributed by atoms with E-state index in [0.717, 1.165) is 5.01 Å². The van der Waals surface area contributed by atoms with Gasteiger partial charge in [0, 0.05) is 12.3 Å². The van der Waals surface area contributed by atoms with Crippen LogP contribution in [0.4, 0.5) is 10.5 Å². The fourth-order valence-corrected chi connectivity index (χ4v) is 2.06. The molecule has 0 aromatic heterocycles. The minimum Gasteiger partial charge on any atom is -0.322 e. The van der Waals surface area contributed by atoms with Gasteiger partial charge in [0.05, 0.1) is 10.5 Å². The standard InChI is InChI=1S/C15H16N4O4/c1-3-15(2)13(20)18(14(21)17-15)16-10-6-8-11-7-4-5-9-12(11)19(22)23/h4-10H,3H2,1-2H3,(H,17,21). The molecule has 0 bridgehead atoms. The molecule has 120 valence electrons. The first-order chi connectivity index (χ1) is 10.9. The van der Waals surface area contributed by atoms with Crippen LogP contribution in [-0.2, 0) is 4.79 Å². The van der Waals surface area contributed by atoms with Crippen LogP contribution < -0.4 is 5.32 Å². The second-order valence-corrected chi connectivity index (χ2v) is 5.17. The largest absolute Gasteiger partial charge is 0.346 e. The number of nitrogens with one attached hydrogen (secondary N) is 1. The van der Waals surface area contributed by atoms with E-state index in [-0.39, 0.29) is 5.69 Å². The highest BCUT2D eigenvalue weighted by atomic mass is 16.6. The number of hydrogen-bond acceptors (Lipinski definition) is 5. The fraction of sp³-hybridized carbons (Fsp3) is 0.267. The van der Waals surface area contributed by atoms with Crippen LogP contribution in [-0.4, -0.2) is 33.6 Å². The smallest absolute Gasteiger partial charge is 0.322 e. The van der Waals surface area contributed by atoms with Gasteiger partial charge in [-0.15, -0.1) is 5.01 Å². The predicted octanol–water partition coefficient (Wildman–Crippen LogP) is 2.31. The van der Waals surface area contributed by atoms with Crippen LogP contribution in [0, 0.1) is 10.1 Å². The molecular formula is C15H16N4O4. The molecule has 1 aliphatic heterocycles. The van der Waals surface area contributed by atoms with Crippen molar-refractivity contribution >= 4 is 29.9 Å². The van der Waals surface area contributed by atoms with E-state index in [1.54, 1.807) is 32.0 Å². The van der Waals surface area contributed by atoms with Gasteiger partial charge in [-0.1, -0.05) is 19.1 Å². The number of nitro benzene ring substituents is 1. The van der Waals surface area contributed by atoms with E-state index in [2.05, 4.69) is 10.4 Å². The van der Waals surface area contributed by atoms with Crippen LogP contribution in [0.15, 0.2) is 35.4 Å². The number of amides is 3. The zero-order valence-corrected chi connectivity index (χ0v) is 12.7. The third-order valence-electron chi connectivity index (χ3n) is 3.62. The quantitative estimate of drug-likeness (QED) is 0.389. The second kappa shape index (κ2) is 6.39. The third-order valence-corrected chi connectivity index (χ3v) is 3.62. The van der Waals surface area contributed by atoms with Crippen molar-refractivity contribution in [3.63, 3.8) is 0 Å². The van der Waals surface area contributed by atoms with Gasteiger partial charge in [-0.3, -0.25) is 14.9 Å². The Morgan fingerprint density at radius 3 is 2.70 bits per heavy atom. The normalized spacial score (nSPS) is 21.4. The predicted molar refractivity (Wildman–Crippen MR) is 84.7 cm³/mol. The average molecular weight is 316 g/mol. The highest BCUT2D eigenvalue weighted by Crippen LogP contribution is 2.21. The molecule has 0 radical (unpaired) electrons. The van der Waals surface area contributed by atoms with Gasteiger partial charge in [0.25, 0.3) is 11.6 Å². The molecule has 8 nitrogen and oxygen atoms in total. The summed E-state index contributed by atoms with van der Waals surface area (Å²) in [5.41, 5.74) is -0.582. The van der Waals surface area contributed by atoms with Crippen LogP contribution >= 0.6 is 0 Å². The molecule has 0 spiro atoms. The minimum atomic E-state index is -0.948. The monoisotopic (exact) mass is 316 g/mol. The SMILES string of the molecule is CCC1(C)NC(=O)N(N=CC=Cc2ccccc2[N+](=O)[O-])C1=O. The zero-order chi connectivity index (χ0) is 17.0. The molecule has 1 unspecified atom stereocenters. The zero-order valence-electron chi connectivity index (χ0n) is 12.7. The van der Waals surface area contributed by atoms with Crippen molar-refractivity contribution in [2.45, 2.75) is 25.8 Å². The number of urea groups is 1. The van der Waals surface area contributed by atoms with E-state index in [9.17, 15) is 19.7 Å². The summed E-state index contributed by atoms with van der Waals surface area (Å²) in [6, 6.07) is 5.64. The molecule has 8 heteroatoms. The Balaban J connectivity index is 2.12. The molecule has 1 fully saturated rings. The maximum Gasteiger partial charge on any atom is 0.346 e. The second-order valence-electron chi connectivity index (χ2n) is 5.17. The molecule has 23 heavy (non-hydrogen) atoms. The van der Waals surface area contributed by atoms with Crippen molar-refractivity contribution in [1.82, 2.24) is 10.3 Å². The summed E-state index contributed by atoms with van der Waals surface area (Å²) in [6.45, 7) is 3.42. The van der Waals surface area contributed by atoms with E-state index in [4.69, 9.17) is 0 Å². The number of hydrogen-bond donors (Lipinski definition) is 1. The Kier molecular flexibility index (Phi) is 4.54. The Labute approximate surface area is 132 Å². The summed E-state index contributed by atoms with van der Waals surface area (Å²) in [5, 5.41) is 18.0. The maximum absolute atomic E-state index is 12.1. The van der Waals surface area contributed by atoms with Gasteiger partial charge >= 0.3 is 6.03 Å². The highest BCUT2D eigenvalue weighted by Gasteiger charge is 2.46. The number of nitrogens with zero attached hydrogens (tertiary/aromatic N) is 3. The molecule has 0 aliphatic carbocycles. The Hall–Kier alpha value is -3.03. The molecule has 1 aliphatic rings. The number of carbonyl (C=O) groups excluding carboxylic acids is 2. The molecule has 0 saturated carbocycles. The van der Waals surface area contributed by atoms with Crippen molar-refractivity contribution in [2.75, 3.05) is 0 Å². The fourth-order valence-electron chi connectivity index (χ4n) is 2.06. The minimum absolute atomic E-state index is 0.0364. The van der Waals surface area contributed by atoms with Gasteiger partial charge in [0.1, 0.15) is 5.54 Å². The molecule has 1 aromatic rings. The van der Waals surface area contributed by atoms with Gasteiger partial charge in [-0.05, 0) is 31.6 Å². The summed E-state index contributed by atoms with van der Waals surface area (Å²) in [5.74, 6) is -0.430. The number of rotatable bonds is 5. The first kappa shape index (κ1) is 16.3. The van der Waals surface area contributed by atoms with E-state index in [0.29, 0.717) is 12.0 Å². The van der Waals surface area contributed by atoms with Crippen LogP contribution in [0.3, 0.4) is 0 Å². The van der Waals surface area contributed by atoms with Crippen molar-refractivity contribution in [3.05, 3.63) is 46.0 Å². The van der Waals surface area contributed by atoms with E-state index in [1.807, 2.05) is 0 Å². The van der Waals surface area contributed by atoms with Crippen molar-refractivity contribution in [3.8, 4) is 0 Å². The summed E-state index contributed by atoms with van der Waals surface area (Å²) in [7, 11) is 0. The van der Waals surface area contributed by atoms with Crippen molar-refractivity contribution < 1.29 is 14.5 Å². The maximum atomic E-state index is 12.1. The van der Waals surface area contributed by atoms with Gasteiger partial charge in [-0.25, -0.2) is 4.79 Å². The number of carbonyl (C=O) groups is 2. The lowest BCUT2D eigenvalue weighted by Crippen LogP contribution is -2.42. The van der Waals surface area contributed by atoms with Crippen molar-refractivity contribution in [1.29, 1.82) is 0 Å². The van der Waals surface area contributed by atoms with E-state index < -0.39 is 22.4 Å². The Bertz CT molecular complexity index is 713. The molecular weight excluding hydrogens is 300 g/mol. The topological polar surface area (TPSA) is 105 Å². The lowest BCUT2D eigenvalue weighted by Gasteiger charge is -2.17. The molecule has 2 rings (SSSR count). The summed E-state index contributed by atoms with van der Waals surface area (Å²) in [4.78, 5) is 34.2. The molecule has 1 saturated heterocycles. The number of para-hydroxylation sites is 1. The Morgan fingerprint density at radius 2 is 2.09 bits per heavy atom.